The highest BCUT2D eigenvalue weighted by Crippen LogP contribution is 2.43. The monoisotopic (exact) mass is 223 g/mol. The molecule has 0 saturated heterocycles. The summed E-state index contributed by atoms with van der Waals surface area (Å²) in [4.78, 5) is 12.1. The van der Waals surface area contributed by atoms with E-state index in [2.05, 4.69) is 17.5 Å². The molecule has 3 unspecified atom stereocenters. The van der Waals surface area contributed by atoms with E-state index in [9.17, 15) is 9.90 Å². The van der Waals surface area contributed by atoms with Gasteiger partial charge in [-0.3, -0.25) is 4.79 Å². The molecule has 0 spiro atoms. The van der Waals surface area contributed by atoms with E-state index < -0.39 is 0 Å². The highest BCUT2D eigenvalue weighted by molar-refractivity contribution is 5.80. The van der Waals surface area contributed by atoms with Crippen LogP contribution in [-0.2, 0) is 4.79 Å². The number of carbonyl (C=O) groups is 1. The first-order valence-corrected chi connectivity index (χ1v) is 6.21. The summed E-state index contributed by atoms with van der Waals surface area (Å²) in [5, 5.41) is 12.2. The zero-order chi connectivity index (χ0) is 11.7. The van der Waals surface area contributed by atoms with Gasteiger partial charge in [-0.15, -0.1) is 0 Å². The summed E-state index contributed by atoms with van der Waals surface area (Å²) in [5.74, 6) is 1.61. The van der Waals surface area contributed by atoms with Crippen LogP contribution in [0.1, 0.15) is 26.7 Å². The van der Waals surface area contributed by atoms with Crippen molar-refractivity contribution in [2.75, 3.05) is 6.61 Å². The Morgan fingerprint density at radius 3 is 2.62 bits per heavy atom. The Bertz CT molecular complexity index is 298. The lowest BCUT2D eigenvalue weighted by Crippen LogP contribution is -2.44. The first kappa shape index (κ1) is 11.6. The van der Waals surface area contributed by atoms with Gasteiger partial charge in [0.05, 0.1) is 12.6 Å². The van der Waals surface area contributed by atoms with Gasteiger partial charge in [-0.05, 0) is 30.6 Å². The van der Waals surface area contributed by atoms with Crippen molar-refractivity contribution < 1.29 is 9.90 Å². The quantitative estimate of drug-likeness (QED) is 0.706. The van der Waals surface area contributed by atoms with Gasteiger partial charge in [-0.25, -0.2) is 0 Å². The number of hydrogen-bond donors (Lipinski definition) is 2. The Balaban J connectivity index is 1.91. The molecule has 2 aliphatic carbocycles. The van der Waals surface area contributed by atoms with Crippen LogP contribution in [0.3, 0.4) is 0 Å². The van der Waals surface area contributed by atoms with E-state index in [-0.39, 0.29) is 30.4 Å². The van der Waals surface area contributed by atoms with E-state index in [4.69, 9.17) is 0 Å². The van der Waals surface area contributed by atoms with Crippen molar-refractivity contribution in [3.63, 3.8) is 0 Å². The lowest BCUT2D eigenvalue weighted by molar-refractivity contribution is -0.127. The van der Waals surface area contributed by atoms with Crippen LogP contribution in [0.25, 0.3) is 0 Å². The lowest BCUT2D eigenvalue weighted by Gasteiger charge is -2.24. The van der Waals surface area contributed by atoms with Gasteiger partial charge in [0.1, 0.15) is 0 Å². The van der Waals surface area contributed by atoms with Crippen LogP contribution in [0.15, 0.2) is 12.2 Å². The zero-order valence-electron chi connectivity index (χ0n) is 10.0. The molecule has 1 amide bonds. The lowest BCUT2D eigenvalue weighted by atomic mass is 9.92. The molecule has 2 aliphatic rings. The minimum absolute atomic E-state index is 0.0278. The van der Waals surface area contributed by atoms with Crippen LogP contribution in [0, 0.1) is 23.7 Å². The highest BCUT2D eigenvalue weighted by Gasteiger charge is 2.40. The molecule has 0 aromatic carbocycles. The highest BCUT2D eigenvalue weighted by atomic mass is 16.3. The van der Waals surface area contributed by atoms with E-state index in [1.165, 1.54) is 0 Å². The first-order valence-electron chi connectivity index (χ1n) is 6.21. The fraction of sp³-hybridized carbons (Fsp3) is 0.769. The molecule has 0 aromatic heterocycles. The summed E-state index contributed by atoms with van der Waals surface area (Å²) in [5.41, 5.74) is 0. The van der Waals surface area contributed by atoms with Crippen LogP contribution in [0.5, 0.6) is 0 Å². The molecule has 0 heterocycles. The molecule has 16 heavy (non-hydrogen) atoms. The maximum Gasteiger partial charge on any atom is 0.224 e. The zero-order valence-corrected chi connectivity index (χ0v) is 10.0. The van der Waals surface area contributed by atoms with Crippen LogP contribution in [0.4, 0.5) is 0 Å². The Morgan fingerprint density at radius 1 is 1.44 bits per heavy atom. The number of nitrogens with one attached hydrogen (secondary N) is 1. The van der Waals surface area contributed by atoms with Crippen LogP contribution < -0.4 is 5.32 Å². The van der Waals surface area contributed by atoms with Crippen LogP contribution in [-0.4, -0.2) is 23.7 Å². The SMILES string of the molecule is CC(C)[C@@H](CO)NC(=O)C1CC2C=CC1C2. The van der Waals surface area contributed by atoms with Gasteiger partial charge in [0, 0.05) is 5.92 Å². The Hall–Kier alpha value is -0.830. The number of carbonyl (C=O) groups excluding carboxylic acids is 1. The van der Waals surface area contributed by atoms with Crippen molar-refractivity contribution in [3.05, 3.63) is 12.2 Å². The molecule has 3 heteroatoms. The fourth-order valence-corrected chi connectivity index (χ4v) is 2.80. The number of amides is 1. The molecule has 1 saturated carbocycles. The third kappa shape index (κ3) is 2.14. The summed E-state index contributed by atoms with van der Waals surface area (Å²) in [6.07, 6.45) is 6.55. The molecule has 2 rings (SSSR count). The van der Waals surface area contributed by atoms with E-state index in [1.807, 2.05) is 13.8 Å². The molecule has 0 aliphatic heterocycles. The van der Waals surface area contributed by atoms with Gasteiger partial charge < -0.3 is 10.4 Å². The molecular formula is C13H21NO2. The smallest absolute Gasteiger partial charge is 0.224 e. The van der Waals surface area contributed by atoms with E-state index in [0.717, 1.165) is 12.8 Å². The van der Waals surface area contributed by atoms with Gasteiger partial charge in [0.25, 0.3) is 0 Å². The van der Waals surface area contributed by atoms with Crippen molar-refractivity contribution in [3.8, 4) is 0 Å². The number of aliphatic hydroxyl groups excluding tert-OH is 1. The van der Waals surface area contributed by atoms with Crippen molar-refractivity contribution in [1.82, 2.24) is 5.32 Å². The predicted octanol–water partition coefficient (Wildman–Crippen LogP) is 1.33. The molecule has 0 radical (unpaired) electrons. The molecule has 1 fully saturated rings. The Labute approximate surface area is 96.9 Å². The number of aliphatic hydroxyl groups is 1. The summed E-state index contributed by atoms with van der Waals surface area (Å²) in [7, 11) is 0. The van der Waals surface area contributed by atoms with E-state index in [1.54, 1.807) is 0 Å². The Kier molecular flexibility index (Phi) is 3.33. The molecule has 3 nitrogen and oxygen atoms in total. The van der Waals surface area contributed by atoms with Gasteiger partial charge >= 0.3 is 0 Å². The molecule has 0 aromatic rings. The topological polar surface area (TPSA) is 49.3 Å². The number of fused-ring (bicyclic) bond motifs is 2. The van der Waals surface area contributed by atoms with Gasteiger partial charge in [0.2, 0.25) is 5.91 Å². The predicted molar refractivity (Wildman–Crippen MR) is 62.7 cm³/mol. The summed E-state index contributed by atoms with van der Waals surface area (Å²) in [6, 6.07) is -0.101. The largest absolute Gasteiger partial charge is 0.394 e. The van der Waals surface area contributed by atoms with Gasteiger partial charge in [-0.2, -0.15) is 0 Å². The summed E-state index contributed by atoms with van der Waals surface area (Å²) < 4.78 is 0. The first-order chi connectivity index (χ1) is 7.61. The van der Waals surface area contributed by atoms with E-state index in [0.29, 0.717) is 11.8 Å². The third-order valence-electron chi connectivity index (χ3n) is 3.94. The molecule has 2 N–H and O–H groups in total. The van der Waals surface area contributed by atoms with Gasteiger partial charge in [-0.1, -0.05) is 26.0 Å². The maximum atomic E-state index is 12.1. The van der Waals surface area contributed by atoms with Gasteiger partial charge in [0.15, 0.2) is 0 Å². The van der Waals surface area contributed by atoms with Crippen molar-refractivity contribution in [2.24, 2.45) is 23.7 Å². The Morgan fingerprint density at radius 2 is 2.19 bits per heavy atom. The average molecular weight is 223 g/mol. The van der Waals surface area contributed by atoms with Crippen LogP contribution >= 0.6 is 0 Å². The minimum Gasteiger partial charge on any atom is -0.394 e. The number of allylic oxidation sites excluding steroid dienone is 2. The van der Waals surface area contributed by atoms with Crippen LogP contribution in [0.2, 0.25) is 0 Å². The summed E-state index contributed by atoms with van der Waals surface area (Å²) >= 11 is 0. The number of rotatable bonds is 4. The average Bonchev–Trinajstić information content (AvgIpc) is 2.86. The van der Waals surface area contributed by atoms with Crippen molar-refractivity contribution in [2.45, 2.75) is 32.7 Å². The number of hydrogen-bond acceptors (Lipinski definition) is 2. The summed E-state index contributed by atoms with van der Waals surface area (Å²) in [6.45, 7) is 4.06. The normalized spacial score (nSPS) is 33.4. The second-order valence-electron chi connectivity index (χ2n) is 5.43. The standard InChI is InChI=1S/C13H21NO2/c1-8(2)12(7-15)14-13(16)11-6-9-3-4-10(11)5-9/h3-4,8-12,15H,5-7H2,1-2H3,(H,14,16)/t9?,10?,11?,12-/m1/s1. The molecular weight excluding hydrogens is 202 g/mol. The minimum atomic E-state index is -0.101. The van der Waals surface area contributed by atoms with Crippen molar-refractivity contribution >= 4 is 5.91 Å². The maximum absolute atomic E-state index is 12.1. The second kappa shape index (κ2) is 4.58. The molecule has 90 valence electrons. The van der Waals surface area contributed by atoms with E-state index >= 15 is 0 Å². The third-order valence-corrected chi connectivity index (χ3v) is 3.94. The molecule has 4 atom stereocenters. The second-order valence-corrected chi connectivity index (χ2v) is 5.43. The van der Waals surface area contributed by atoms with Crippen molar-refractivity contribution in [1.29, 1.82) is 0 Å². The fourth-order valence-electron chi connectivity index (χ4n) is 2.80. The molecule has 2 bridgehead atoms.